The average Bonchev–Trinajstić information content (AvgIpc) is 3.04. The van der Waals surface area contributed by atoms with Crippen molar-refractivity contribution in [1.29, 1.82) is 0 Å². The van der Waals surface area contributed by atoms with Crippen molar-refractivity contribution >= 4 is 28.4 Å². The number of ether oxygens (including phenoxy) is 2. The van der Waals surface area contributed by atoms with Gasteiger partial charge in [0.05, 0.1) is 30.8 Å². The monoisotopic (exact) mass is 578 g/mol. The molecule has 0 atom stereocenters. The number of nitrogens with zero attached hydrogens (tertiary/aromatic N) is 2. The Morgan fingerprint density at radius 2 is 1.44 bits per heavy atom. The number of carbonyl (C=O) groups is 2. The van der Waals surface area contributed by atoms with E-state index in [2.05, 4.69) is 10.6 Å². The third kappa shape index (κ3) is 6.48. The zero-order chi connectivity index (χ0) is 30.3. The Kier molecular flexibility index (Phi) is 8.66. The SMILES string of the molecule is COc1ccc(NC(=O)Cn2c(=O)n(-c3ccc(OC)cc3)c(=O)c3ccc(C(=O)NCCc4ccccc4)cc32)cc1. The molecule has 0 aliphatic heterocycles. The molecule has 0 saturated carbocycles. The molecule has 4 aromatic carbocycles. The average molecular weight is 579 g/mol. The first-order chi connectivity index (χ1) is 20.9. The topological polar surface area (TPSA) is 121 Å². The van der Waals surface area contributed by atoms with E-state index in [1.165, 1.54) is 29.9 Å². The summed E-state index contributed by atoms with van der Waals surface area (Å²) >= 11 is 0. The third-order valence-corrected chi connectivity index (χ3v) is 6.95. The molecule has 0 radical (unpaired) electrons. The molecule has 0 fully saturated rings. The molecule has 2 amide bonds. The number of carbonyl (C=O) groups excluding carboxylic acids is 2. The lowest BCUT2D eigenvalue weighted by Gasteiger charge is -2.15. The number of hydrogen-bond acceptors (Lipinski definition) is 6. The molecule has 0 spiro atoms. The Bertz CT molecular complexity index is 1880. The van der Waals surface area contributed by atoms with Gasteiger partial charge in [0.2, 0.25) is 5.91 Å². The normalized spacial score (nSPS) is 10.7. The number of amides is 2. The molecular weight excluding hydrogens is 548 g/mol. The Morgan fingerprint density at radius 1 is 0.791 bits per heavy atom. The first kappa shape index (κ1) is 28.9. The molecule has 0 aliphatic carbocycles. The van der Waals surface area contributed by atoms with Gasteiger partial charge in [0.15, 0.2) is 0 Å². The van der Waals surface area contributed by atoms with Crippen molar-refractivity contribution in [2.75, 3.05) is 26.1 Å². The second-order valence-corrected chi connectivity index (χ2v) is 9.71. The summed E-state index contributed by atoms with van der Waals surface area (Å²) in [5, 5.41) is 5.82. The zero-order valence-corrected chi connectivity index (χ0v) is 23.7. The van der Waals surface area contributed by atoms with Crippen molar-refractivity contribution in [3.05, 3.63) is 129 Å². The van der Waals surface area contributed by atoms with E-state index in [0.29, 0.717) is 35.8 Å². The molecule has 2 N–H and O–H groups in total. The molecule has 0 saturated heterocycles. The van der Waals surface area contributed by atoms with E-state index >= 15 is 0 Å². The second-order valence-electron chi connectivity index (χ2n) is 9.71. The van der Waals surface area contributed by atoms with Crippen molar-refractivity contribution < 1.29 is 19.1 Å². The van der Waals surface area contributed by atoms with Crippen LogP contribution in [-0.2, 0) is 17.8 Å². The van der Waals surface area contributed by atoms with Gasteiger partial charge in [-0.2, -0.15) is 0 Å². The first-order valence-corrected chi connectivity index (χ1v) is 13.6. The van der Waals surface area contributed by atoms with Crippen LogP contribution in [0, 0.1) is 0 Å². The highest BCUT2D eigenvalue weighted by Gasteiger charge is 2.19. The molecule has 0 unspecified atom stereocenters. The van der Waals surface area contributed by atoms with Crippen molar-refractivity contribution in [1.82, 2.24) is 14.5 Å². The van der Waals surface area contributed by atoms with Gasteiger partial charge in [-0.1, -0.05) is 30.3 Å². The Hall–Kier alpha value is -5.64. The summed E-state index contributed by atoms with van der Waals surface area (Å²) in [6.45, 7) is -0.00605. The molecule has 10 nitrogen and oxygen atoms in total. The Balaban J connectivity index is 1.51. The van der Waals surface area contributed by atoms with Crippen LogP contribution in [0.1, 0.15) is 15.9 Å². The summed E-state index contributed by atoms with van der Waals surface area (Å²) in [6.07, 6.45) is 0.642. The Labute approximate surface area is 247 Å². The van der Waals surface area contributed by atoms with E-state index < -0.39 is 23.7 Å². The first-order valence-electron chi connectivity index (χ1n) is 13.6. The maximum Gasteiger partial charge on any atom is 0.336 e. The van der Waals surface area contributed by atoms with Gasteiger partial charge < -0.3 is 20.1 Å². The van der Waals surface area contributed by atoms with Gasteiger partial charge in [-0.15, -0.1) is 0 Å². The lowest BCUT2D eigenvalue weighted by molar-refractivity contribution is -0.116. The van der Waals surface area contributed by atoms with E-state index in [1.54, 1.807) is 55.6 Å². The smallest absolute Gasteiger partial charge is 0.336 e. The van der Waals surface area contributed by atoms with Crippen LogP contribution in [0.15, 0.2) is 107 Å². The minimum absolute atomic E-state index is 0.167. The number of anilines is 1. The largest absolute Gasteiger partial charge is 0.497 e. The Morgan fingerprint density at radius 3 is 2.09 bits per heavy atom. The third-order valence-electron chi connectivity index (χ3n) is 6.95. The number of rotatable bonds is 10. The van der Waals surface area contributed by atoms with Crippen molar-refractivity contribution in [2.24, 2.45) is 0 Å². The number of nitrogens with one attached hydrogen (secondary N) is 2. The highest BCUT2D eigenvalue weighted by Crippen LogP contribution is 2.18. The molecule has 10 heteroatoms. The quantitative estimate of drug-likeness (QED) is 0.260. The number of hydrogen-bond donors (Lipinski definition) is 2. The van der Waals surface area contributed by atoms with Crippen LogP contribution in [0.2, 0.25) is 0 Å². The lowest BCUT2D eigenvalue weighted by Crippen LogP contribution is -2.41. The van der Waals surface area contributed by atoms with Crippen LogP contribution < -0.4 is 31.4 Å². The minimum atomic E-state index is -0.728. The fraction of sp³-hybridized carbons (Fsp3) is 0.152. The van der Waals surface area contributed by atoms with Crippen LogP contribution in [-0.4, -0.2) is 41.7 Å². The van der Waals surface area contributed by atoms with Crippen molar-refractivity contribution in [2.45, 2.75) is 13.0 Å². The highest BCUT2D eigenvalue weighted by atomic mass is 16.5. The number of aromatic nitrogens is 2. The van der Waals surface area contributed by atoms with E-state index in [1.807, 2.05) is 30.3 Å². The number of fused-ring (bicyclic) bond motifs is 1. The molecule has 218 valence electrons. The summed E-state index contributed by atoms with van der Waals surface area (Å²) in [4.78, 5) is 53.6. The van der Waals surface area contributed by atoms with Gasteiger partial charge in [-0.25, -0.2) is 9.36 Å². The molecule has 1 aromatic heterocycles. The van der Waals surface area contributed by atoms with Crippen molar-refractivity contribution in [3.63, 3.8) is 0 Å². The van der Waals surface area contributed by atoms with Crippen LogP contribution in [0.3, 0.4) is 0 Å². The van der Waals surface area contributed by atoms with Crippen molar-refractivity contribution in [3.8, 4) is 17.2 Å². The maximum absolute atomic E-state index is 13.8. The fourth-order valence-corrected chi connectivity index (χ4v) is 4.71. The predicted molar refractivity (Wildman–Crippen MR) is 164 cm³/mol. The van der Waals surface area contributed by atoms with E-state index in [0.717, 1.165) is 10.1 Å². The van der Waals surface area contributed by atoms with E-state index in [9.17, 15) is 19.2 Å². The maximum atomic E-state index is 13.8. The van der Waals surface area contributed by atoms with Gasteiger partial charge >= 0.3 is 5.69 Å². The second kappa shape index (κ2) is 12.9. The molecule has 1 heterocycles. The summed E-state index contributed by atoms with van der Waals surface area (Å²) in [6, 6.07) is 27.4. The predicted octanol–water partition coefficient (Wildman–Crippen LogP) is 3.78. The van der Waals surface area contributed by atoms with E-state index in [4.69, 9.17) is 9.47 Å². The number of benzene rings is 4. The molecule has 43 heavy (non-hydrogen) atoms. The number of methoxy groups -OCH3 is 2. The summed E-state index contributed by atoms with van der Waals surface area (Å²) < 4.78 is 12.6. The molecule has 5 aromatic rings. The zero-order valence-electron chi connectivity index (χ0n) is 23.7. The summed E-state index contributed by atoms with van der Waals surface area (Å²) in [7, 11) is 3.06. The van der Waals surface area contributed by atoms with Gasteiger partial charge in [0.25, 0.3) is 11.5 Å². The standard InChI is InChI=1S/C33H30N4O6/c1-42-26-13-9-24(10-14-26)35-30(38)21-36-29-20-23(31(39)34-19-18-22-6-4-3-5-7-22)8-17-28(29)32(40)37(33(36)41)25-11-15-27(43-2)16-12-25/h3-17,20H,18-19,21H2,1-2H3,(H,34,39)(H,35,38). The molecule has 0 aliphatic rings. The van der Waals surface area contributed by atoms with Crippen LogP contribution in [0.5, 0.6) is 11.5 Å². The highest BCUT2D eigenvalue weighted by molar-refractivity contribution is 5.98. The van der Waals surface area contributed by atoms with Gasteiger partial charge in [0, 0.05) is 17.8 Å². The van der Waals surface area contributed by atoms with Crippen LogP contribution in [0.25, 0.3) is 16.6 Å². The van der Waals surface area contributed by atoms with Gasteiger partial charge in [0.1, 0.15) is 18.0 Å². The van der Waals surface area contributed by atoms with Crippen LogP contribution in [0.4, 0.5) is 5.69 Å². The van der Waals surface area contributed by atoms with Gasteiger partial charge in [-0.3, -0.25) is 19.0 Å². The fourth-order valence-electron chi connectivity index (χ4n) is 4.71. The van der Waals surface area contributed by atoms with E-state index in [-0.39, 0.29) is 22.4 Å². The minimum Gasteiger partial charge on any atom is -0.497 e. The molecule has 5 rings (SSSR count). The van der Waals surface area contributed by atoms with Crippen LogP contribution >= 0.6 is 0 Å². The lowest BCUT2D eigenvalue weighted by atomic mass is 10.1. The molecular formula is C33H30N4O6. The van der Waals surface area contributed by atoms with Gasteiger partial charge in [-0.05, 0) is 78.7 Å². The summed E-state index contributed by atoms with van der Waals surface area (Å²) in [5.41, 5.74) is 1.01. The molecule has 0 bridgehead atoms. The summed E-state index contributed by atoms with van der Waals surface area (Å²) in [5.74, 6) is 0.325.